The molecule has 13 rings (SSSR count). The van der Waals surface area contributed by atoms with Crippen LogP contribution in [0.25, 0.3) is 120 Å². The summed E-state index contributed by atoms with van der Waals surface area (Å²) in [6.07, 6.45) is 6.84. The van der Waals surface area contributed by atoms with Gasteiger partial charge in [-0.05, 0) is 130 Å². The van der Waals surface area contributed by atoms with E-state index in [0.29, 0.717) is 65.9 Å². The summed E-state index contributed by atoms with van der Waals surface area (Å²) in [4.78, 5) is 20.3. The number of allylic oxidation sites excluding steroid dienone is 2. The molecule has 6 aromatic heterocycles. The zero-order valence-electron chi connectivity index (χ0n) is 39.8. The molecule has 0 amide bonds. The number of benzene rings is 6. The van der Waals surface area contributed by atoms with Gasteiger partial charge in [0.1, 0.15) is 0 Å². The minimum absolute atomic E-state index is 0.167. The van der Waals surface area contributed by atoms with E-state index < -0.39 is 28.9 Å². The molecule has 0 radical (unpaired) electrons. The molecule has 0 unspecified atom stereocenters. The minimum atomic E-state index is -5.77. The van der Waals surface area contributed by atoms with E-state index in [-0.39, 0.29) is 20.9 Å². The standard InChI is InChI=1S/C63H38F6N4S2/c1-35-51(33-53(74-35)41-27-43(57-47-15-7-3-11-37(47)19-23-70-57)31-44(28-41)58-48-16-8-4-12-38(48)20-24-71-58)55-56(62(66,67)63(68,69)61(55,64)65)52-34-54(75-36(52)2)42-29-45(59-49-17-9-5-13-39(49)21-25-72-59)32-46(30-42)60-50-18-10-6-14-40(50)22-26-73-60/h3-34H,1-2H3. The minimum Gasteiger partial charge on any atom is -0.256 e. The second-order valence-electron chi connectivity index (χ2n) is 18.8. The lowest BCUT2D eigenvalue weighted by Crippen LogP contribution is -2.48. The first-order valence-electron chi connectivity index (χ1n) is 24.0. The van der Waals surface area contributed by atoms with Crippen molar-refractivity contribution in [2.24, 2.45) is 0 Å². The van der Waals surface area contributed by atoms with Crippen LogP contribution in [0.1, 0.15) is 20.9 Å². The van der Waals surface area contributed by atoms with Crippen molar-refractivity contribution in [3.05, 3.63) is 216 Å². The van der Waals surface area contributed by atoms with Crippen LogP contribution in [-0.2, 0) is 0 Å². The van der Waals surface area contributed by atoms with E-state index in [2.05, 4.69) is 0 Å². The third-order valence-corrected chi connectivity index (χ3v) is 16.5. The van der Waals surface area contributed by atoms with Gasteiger partial charge in [-0.2, -0.15) is 26.3 Å². The molecule has 0 aliphatic heterocycles. The van der Waals surface area contributed by atoms with Crippen molar-refractivity contribution >= 4 is 76.9 Å². The maximum Gasteiger partial charge on any atom is 0.380 e. The number of thiophene rings is 2. The van der Waals surface area contributed by atoms with Gasteiger partial charge in [-0.15, -0.1) is 22.7 Å². The first kappa shape index (κ1) is 46.5. The Balaban J connectivity index is 1.000. The first-order valence-corrected chi connectivity index (χ1v) is 25.7. The van der Waals surface area contributed by atoms with E-state index in [1.807, 2.05) is 158 Å². The fourth-order valence-corrected chi connectivity index (χ4v) is 12.7. The molecule has 0 atom stereocenters. The molecule has 6 heterocycles. The van der Waals surface area contributed by atoms with Gasteiger partial charge < -0.3 is 0 Å². The Morgan fingerprint density at radius 3 is 0.893 bits per heavy atom. The summed E-state index contributed by atoms with van der Waals surface area (Å²) in [7, 11) is 0. The topological polar surface area (TPSA) is 51.6 Å². The lowest BCUT2D eigenvalue weighted by molar-refractivity contribution is -0.254. The summed E-state index contributed by atoms with van der Waals surface area (Å²) >= 11 is 2.13. The molecule has 0 bridgehead atoms. The van der Waals surface area contributed by atoms with Crippen molar-refractivity contribution in [1.29, 1.82) is 0 Å². The van der Waals surface area contributed by atoms with E-state index in [9.17, 15) is 0 Å². The van der Waals surface area contributed by atoms with E-state index in [1.165, 1.54) is 26.0 Å². The molecule has 0 saturated heterocycles. The smallest absolute Gasteiger partial charge is 0.256 e. The quantitative estimate of drug-likeness (QED) is 0.142. The Morgan fingerprint density at radius 1 is 0.333 bits per heavy atom. The Kier molecular flexibility index (Phi) is 10.8. The number of aromatic nitrogens is 4. The summed E-state index contributed by atoms with van der Waals surface area (Å²) in [5.74, 6) is -16.3. The highest BCUT2D eigenvalue weighted by Crippen LogP contribution is 2.66. The molecule has 4 nitrogen and oxygen atoms in total. The molecule has 6 aromatic carbocycles. The highest BCUT2D eigenvalue weighted by atomic mass is 32.1. The Morgan fingerprint density at radius 2 is 0.600 bits per heavy atom. The molecule has 0 N–H and O–H groups in total. The normalized spacial score (nSPS) is 14.9. The van der Waals surface area contributed by atoms with Gasteiger partial charge in [0.25, 0.3) is 0 Å². The number of alkyl halides is 6. The first-order chi connectivity index (χ1) is 36.3. The van der Waals surface area contributed by atoms with E-state index in [4.69, 9.17) is 19.9 Å². The monoisotopic (exact) mass is 1030 g/mol. The van der Waals surface area contributed by atoms with Crippen molar-refractivity contribution in [3.63, 3.8) is 0 Å². The lowest BCUT2D eigenvalue weighted by Gasteiger charge is -2.25. The summed E-state index contributed by atoms with van der Waals surface area (Å²) in [5, 5.41) is 7.25. The van der Waals surface area contributed by atoms with Crippen LogP contribution in [0, 0.1) is 13.8 Å². The van der Waals surface area contributed by atoms with Crippen molar-refractivity contribution in [1.82, 2.24) is 19.9 Å². The second kappa shape index (κ2) is 17.4. The summed E-state index contributed by atoms with van der Waals surface area (Å²) in [6.45, 7) is 3.01. The zero-order chi connectivity index (χ0) is 51.4. The van der Waals surface area contributed by atoms with Crippen molar-refractivity contribution < 1.29 is 26.3 Å². The van der Waals surface area contributed by atoms with Crippen LogP contribution in [0.3, 0.4) is 0 Å². The average Bonchev–Trinajstić information content (AvgIpc) is 4.26. The van der Waals surface area contributed by atoms with Gasteiger partial charge in [-0.3, -0.25) is 19.9 Å². The van der Waals surface area contributed by atoms with Crippen LogP contribution in [0.5, 0.6) is 0 Å². The van der Waals surface area contributed by atoms with Gasteiger partial charge in [-0.25, -0.2) is 0 Å². The fraction of sp³-hybridized carbons (Fsp3) is 0.0794. The number of rotatable bonds is 8. The van der Waals surface area contributed by atoms with Crippen LogP contribution in [0.4, 0.5) is 26.3 Å². The van der Waals surface area contributed by atoms with Gasteiger partial charge >= 0.3 is 17.8 Å². The Labute approximate surface area is 434 Å². The van der Waals surface area contributed by atoms with Gasteiger partial charge in [0.05, 0.1) is 22.8 Å². The van der Waals surface area contributed by atoms with Crippen molar-refractivity contribution in [2.75, 3.05) is 0 Å². The molecule has 0 fully saturated rings. The number of aryl methyl sites for hydroxylation is 2. The molecule has 364 valence electrons. The van der Waals surface area contributed by atoms with Crippen LogP contribution in [0.2, 0.25) is 0 Å². The molecule has 1 aliphatic rings. The fourth-order valence-electron chi connectivity index (χ4n) is 10.7. The molecule has 0 spiro atoms. The molecule has 0 saturated carbocycles. The third-order valence-electron chi connectivity index (χ3n) is 14.3. The highest BCUT2D eigenvalue weighted by molar-refractivity contribution is 7.16. The number of hydrogen-bond donors (Lipinski definition) is 0. The number of pyridine rings is 4. The average molecular weight is 1030 g/mol. The van der Waals surface area contributed by atoms with Crippen LogP contribution < -0.4 is 0 Å². The summed E-state index contributed by atoms with van der Waals surface area (Å²) in [5.41, 5.74) is 2.87. The van der Waals surface area contributed by atoms with E-state index >= 15 is 26.3 Å². The Bertz CT molecular complexity index is 3860. The number of fused-ring (bicyclic) bond motifs is 4. The van der Waals surface area contributed by atoms with Crippen molar-refractivity contribution in [2.45, 2.75) is 31.6 Å². The SMILES string of the molecule is Cc1sc(-c2cc(-c3nccc4ccccc34)cc(-c3nccc4ccccc34)c2)cc1C1=C(c2cc(-c3cc(-c4nccc5ccccc45)cc(-c4nccc5ccccc45)c3)sc2C)C(F)(F)C(F)(F)C1(F)F. The molecular weight excluding hydrogens is 991 g/mol. The molecule has 12 heteroatoms. The summed E-state index contributed by atoms with van der Waals surface area (Å²) in [6, 6.07) is 52.9. The second-order valence-corrected chi connectivity index (χ2v) is 21.3. The predicted octanol–water partition coefficient (Wildman–Crippen LogP) is 18.5. The highest BCUT2D eigenvalue weighted by Gasteiger charge is 2.80. The number of halogens is 6. The molecular formula is C63H38F6N4S2. The summed E-state index contributed by atoms with van der Waals surface area (Å²) < 4.78 is 99.8. The van der Waals surface area contributed by atoms with Crippen LogP contribution in [-0.4, -0.2) is 37.7 Å². The largest absolute Gasteiger partial charge is 0.380 e. The van der Waals surface area contributed by atoms with Gasteiger partial charge in [0, 0.05) is 99.2 Å². The third kappa shape index (κ3) is 7.40. The van der Waals surface area contributed by atoms with Crippen LogP contribution >= 0.6 is 22.7 Å². The number of nitrogens with zero attached hydrogens (tertiary/aromatic N) is 4. The lowest BCUT2D eigenvalue weighted by atomic mass is 9.93. The molecule has 75 heavy (non-hydrogen) atoms. The van der Waals surface area contributed by atoms with Gasteiger partial charge in [-0.1, -0.05) is 97.1 Å². The molecule has 12 aromatic rings. The van der Waals surface area contributed by atoms with E-state index in [0.717, 1.165) is 65.8 Å². The van der Waals surface area contributed by atoms with E-state index in [1.54, 1.807) is 24.8 Å². The predicted molar refractivity (Wildman–Crippen MR) is 294 cm³/mol. The maximum atomic E-state index is 16.9. The Hall–Kier alpha value is -8.32. The van der Waals surface area contributed by atoms with Crippen molar-refractivity contribution in [3.8, 4) is 65.9 Å². The number of hydrogen-bond acceptors (Lipinski definition) is 6. The zero-order valence-corrected chi connectivity index (χ0v) is 41.5. The molecule has 1 aliphatic carbocycles. The maximum absolute atomic E-state index is 16.9. The van der Waals surface area contributed by atoms with Gasteiger partial charge in [0.2, 0.25) is 0 Å². The van der Waals surface area contributed by atoms with Gasteiger partial charge in [0.15, 0.2) is 0 Å². The van der Waals surface area contributed by atoms with Crippen LogP contribution in [0.15, 0.2) is 195 Å².